The summed E-state index contributed by atoms with van der Waals surface area (Å²) in [6.07, 6.45) is 0.126. The number of nitrogens with one attached hydrogen (secondary N) is 2. The van der Waals surface area contributed by atoms with Crippen LogP contribution in [0.4, 0.5) is 5.69 Å². The topological polar surface area (TPSA) is 118 Å². The van der Waals surface area contributed by atoms with Crippen LogP contribution < -0.4 is 15.2 Å². The molecule has 0 aromatic heterocycles. The number of hydrogen-bond acceptors (Lipinski definition) is 5. The van der Waals surface area contributed by atoms with Crippen molar-refractivity contribution in [1.82, 2.24) is 4.72 Å². The van der Waals surface area contributed by atoms with Crippen molar-refractivity contribution in [3.63, 3.8) is 0 Å². The lowest BCUT2D eigenvalue weighted by atomic mass is 10.3. The number of anilines is 1. The third kappa shape index (κ3) is 5.45. The van der Waals surface area contributed by atoms with Crippen LogP contribution in [0.15, 0.2) is 29.2 Å². The van der Waals surface area contributed by atoms with E-state index in [0.717, 1.165) is 0 Å². The smallest absolute Gasteiger partial charge is 0.242 e. The van der Waals surface area contributed by atoms with Crippen LogP contribution in [-0.2, 0) is 20.0 Å². The third-order valence-electron chi connectivity index (χ3n) is 2.44. The molecule has 9 heteroatoms. The van der Waals surface area contributed by atoms with Gasteiger partial charge in [-0.3, -0.25) is 0 Å². The second-order valence-electron chi connectivity index (χ2n) is 4.14. The van der Waals surface area contributed by atoms with Gasteiger partial charge >= 0.3 is 0 Å². The van der Waals surface area contributed by atoms with Crippen LogP contribution in [0.3, 0.4) is 0 Å². The fraction of sp³-hybridized carbons (Fsp3) is 0.455. The van der Waals surface area contributed by atoms with Crippen LogP contribution in [0.5, 0.6) is 0 Å². The van der Waals surface area contributed by atoms with Crippen LogP contribution in [0.1, 0.15) is 13.3 Å². The van der Waals surface area contributed by atoms with Gasteiger partial charge in [-0.1, -0.05) is 12.1 Å². The Morgan fingerprint density at radius 2 is 1.80 bits per heavy atom. The van der Waals surface area contributed by atoms with E-state index in [1.54, 1.807) is 18.2 Å². The van der Waals surface area contributed by atoms with E-state index in [0.29, 0.717) is 12.2 Å². The fourth-order valence-electron chi connectivity index (χ4n) is 1.60. The van der Waals surface area contributed by atoms with Crippen LogP contribution >= 0.6 is 0 Å². The Balaban J connectivity index is 2.74. The molecule has 0 fully saturated rings. The maximum Gasteiger partial charge on any atom is 0.242 e. The van der Waals surface area contributed by atoms with Gasteiger partial charge < -0.3 is 5.32 Å². The average Bonchev–Trinajstić information content (AvgIpc) is 2.35. The Kier molecular flexibility index (Phi) is 5.93. The van der Waals surface area contributed by atoms with E-state index >= 15 is 0 Å². The highest BCUT2D eigenvalue weighted by Crippen LogP contribution is 2.20. The van der Waals surface area contributed by atoms with Gasteiger partial charge in [-0.25, -0.2) is 26.7 Å². The summed E-state index contributed by atoms with van der Waals surface area (Å²) >= 11 is 0. The highest BCUT2D eigenvalue weighted by molar-refractivity contribution is 7.89. The maximum absolute atomic E-state index is 12.1. The molecule has 0 saturated heterocycles. The van der Waals surface area contributed by atoms with E-state index < -0.39 is 20.0 Å². The van der Waals surface area contributed by atoms with Crippen molar-refractivity contribution in [1.29, 1.82) is 0 Å². The van der Waals surface area contributed by atoms with E-state index in [2.05, 4.69) is 10.0 Å². The van der Waals surface area contributed by atoms with Crippen LogP contribution in [0.25, 0.3) is 0 Å². The third-order valence-corrected chi connectivity index (χ3v) is 4.82. The van der Waals surface area contributed by atoms with Crippen LogP contribution in [0.2, 0.25) is 0 Å². The molecule has 0 atom stereocenters. The fourth-order valence-corrected chi connectivity index (χ4v) is 3.40. The van der Waals surface area contributed by atoms with Crippen LogP contribution in [-0.4, -0.2) is 35.7 Å². The normalized spacial score (nSPS) is 12.3. The van der Waals surface area contributed by atoms with Gasteiger partial charge in [0.25, 0.3) is 0 Å². The Labute approximate surface area is 119 Å². The number of primary sulfonamides is 1. The molecular weight excluding hydrogens is 302 g/mol. The Hall–Kier alpha value is -1.16. The van der Waals surface area contributed by atoms with E-state index in [4.69, 9.17) is 5.14 Å². The van der Waals surface area contributed by atoms with Gasteiger partial charge in [-0.15, -0.1) is 0 Å². The summed E-state index contributed by atoms with van der Waals surface area (Å²) in [5.74, 6) is -0.260. The lowest BCUT2D eigenvalue weighted by Crippen LogP contribution is -2.28. The zero-order valence-electron chi connectivity index (χ0n) is 11.2. The van der Waals surface area contributed by atoms with E-state index in [9.17, 15) is 16.8 Å². The highest BCUT2D eigenvalue weighted by atomic mass is 32.2. The zero-order valence-corrected chi connectivity index (χ0v) is 12.8. The highest BCUT2D eigenvalue weighted by Gasteiger charge is 2.17. The number of para-hydroxylation sites is 1. The Morgan fingerprint density at radius 1 is 1.15 bits per heavy atom. The first kappa shape index (κ1) is 16.9. The molecule has 0 unspecified atom stereocenters. The lowest BCUT2D eigenvalue weighted by Gasteiger charge is -2.12. The molecule has 0 bridgehead atoms. The molecule has 1 aromatic rings. The van der Waals surface area contributed by atoms with Gasteiger partial charge in [0.05, 0.1) is 11.4 Å². The average molecular weight is 321 g/mol. The summed E-state index contributed by atoms with van der Waals surface area (Å²) in [7, 11) is -7.25. The molecule has 1 aromatic carbocycles. The van der Waals surface area contributed by atoms with Gasteiger partial charge in [0.2, 0.25) is 20.0 Å². The molecule has 0 aliphatic carbocycles. The molecule has 0 amide bonds. The minimum Gasteiger partial charge on any atom is -0.384 e. The van der Waals surface area contributed by atoms with Gasteiger partial charge in [0.1, 0.15) is 4.90 Å². The van der Waals surface area contributed by atoms with Crippen molar-refractivity contribution in [2.45, 2.75) is 18.2 Å². The number of hydrogen-bond donors (Lipinski definition) is 3. The SMILES string of the molecule is CCNc1ccccc1S(=O)(=O)NCCCS(N)(=O)=O. The summed E-state index contributed by atoms with van der Waals surface area (Å²) in [5.41, 5.74) is 0.508. The molecule has 0 radical (unpaired) electrons. The quantitative estimate of drug-likeness (QED) is 0.586. The largest absolute Gasteiger partial charge is 0.384 e. The molecule has 0 aliphatic heterocycles. The minimum absolute atomic E-state index is 0.0131. The summed E-state index contributed by atoms with van der Waals surface area (Å²) < 4.78 is 48.1. The zero-order chi connectivity index (χ0) is 15.2. The number of benzene rings is 1. The first-order chi connectivity index (χ1) is 9.26. The van der Waals surface area contributed by atoms with Crippen molar-refractivity contribution in [3.05, 3.63) is 24.3 Å². The maximum atomic E-state index is 12.1. The van der Waals surface area contributed by atoms with E-state index in [-0.39, 0.29) is 23.6 Å². The molecule has 114 valence electrons. The second-order valence-corrected chi connectivity index (χ2v) is 7.61. The van der Waals surface area contributed by atoms with Crippen LogP contribution in [0, 0.1) is 0 Å². The van der Waals surface area contributed by atoms with Crippen molar-refractivity contribution in [2.75, 3.05) is 24.2 Å². The van der Waals surface area contributed by atoms with Crippen molar-refractivity contribution >= 4 is 25.7 Å². The predicted octanol–water partition coefficient (Wildman–Crippen LogP) is 0.0753. The first-order valence-corrected chi connectivity index (χ1v) is 9.29. The molecule has 0 aliphatic rings. The Bertz CT molecular complexity index is 641. The van der Waals surface area contributed by atoms with E-state index in [1.807, 2.05) is 6.92 Å². The minimum atomic E-state index is -3.68. The molecule has 20 heavy (non-hydrogen) atoms. The van der Waals surface area contributed by atoms with Crippen molar-refractivity contribution < 1.29 is 16.8 Å². The Morgan fingerprint density at radius 3 is 2.40 bits per heavy atom. The number of rotatable bonds is 8. The summed E-state index contributed by atoms with van der Waals surface area (Å²) in [5, 5.41) is 7.81. The number of sulfonamides is 2. The summed E-state index contributed by atoms with van der Waals surface area (Å²) in [6, 6.07) is 6.51. The first-order valence-electron chi connectivity index (χ1n) is 6.09. The van der Waals surface area contributed by atoms with Gasteiger partial charge in [0.15, 0.2) is 0 Å². The summed E-state index contributed by atoms with van der Waals surface area (Å²) in [4.78, 5) is 0.137. The summed E-state index contributed by atoms with van der Waals surface area (Å²) in [6.45, 7) is 2.47. The number of nitrogens with two attached hydrogens (primary N) is 1. The van der Waals surface area contributed by atoms with Crippen molar-refractivity contribution in [3.8, 4) is 0 Å². The van der Waals surface area contributed by atoms with Gasteiger partial charge in [0, 0.05) is 13.1 Å². The predicted molar refractivity (Wildman–Crippen MR) is 78.4 cm³/mol. The van der Waals surface area contributed by atoms with Gasteiger partial charge in [-0.05, 0) is 25.5 Å². The molecule has 0 heterocycles. The molecule has 1 rings (SSSR count). The monoisotopic (exact) mass is 321 g/mol. The van der Waals surface area contributed by atoms with E-state index in [1.165, 1.54) is 6.07 Å². The second kappa shape index (κ2) is 7.02. The molecular formula is C11H19N3O4S2. The standard InChI is InChI=1S/C11H19N3O4S2/c1-2-13-10-6-3-4-7-11(10)20(17,18)14-8-5-9-19(12,15)16/h3-4,6-7,13-14H,2,5,8-9H2,1H3,(H2,12,15,16). The molecule has 0 saturated carbocycles. The van der Waals surface area contributed by atoms with Crippen molar-refractivity contribution in [2.24, 2.45) is 5.14 Å². The molecule has 4 N–H and O–H groups in total. The molecule has 7 nitrogen and oxygen atoms in total. The lowest BCUT2D eigenvalue weighted by molar-refractivity contribution is 0.577. The molecule has 0 spiro atoms. The van der Waals surface area contributed by atoms with Gasteiger partial charge in [-0.2, -0.15) is 0 Å².